The highest BCUT2D eigenvalue weighted by atomic mass is 16.5. The summed E-state index contributed by atoms with van der Waals surface area (Å²) in [6.07, 6.45) is 5.55. The molecule has 2 rings (SSSR count). The van der Waals surface area contributed by atoms with E-state index in [1.54, 1.807) is 7.11 Å². The number of hydrogen-bond donors (Lipinski definition) is 3. The first-order valence-corrected chi connectivity index (χ1v) is 9.84. The fourth-order valence-corrected chi connectivity index (χ4v) is 3.62. The lowest BCUT2D eigenvalue weighted by atomic mass is 9.83. The Morgan fingerprint density at radius 2 is 1.92 bits per heavy atom. The molecule has 0 aromatic heterocycles. The summed E-state index contributed by atoms with van der Waals surface area (Å²) in [6.45, 7) is 6.96. The van der Waals surface area contributed by atoms with Crippen molar-refractivity contribution in [3.8, 4) is 0 Å². The molecule has 5 nitrogen and oxygen atoms in total. The van der Waals surface area contributed by atoms with Gasteiger partial charge in [0.1, 0.15) is 0 Å². The number of hydrogen-bond acceptors (Lipinski definition) is 3. The number of aliphatic imine (C=N–C) groups is 1. The Labute approximate surface area is 158 Å². The lowest BCUT2D eigenvalue weighted by Crippen LogP contribution is -2.40. The predicted molar refractivity (Wildman–Crippen MR) is 108 cm³/mol. The normalized spacial score (nSPS) is 17.9. The fourth-order valence-electron chi connectivity index (χ4n) is 3.62. The van der Waals surface area contributed by atoms with Crippen molar-refractivity contribution in [2.75, 3.05) is 33.4 Å². The van der Waals surface area contributed by atoms with E-state index in [1.165, 1.54) is 31.2 Å². The van der Waals surface area contributed by atoms with Gasteiger partial charge in [-0.1, -0.05) is 42.7 Å². The van der Waals surface area contributed by atoms with Crippen LogP contribution in [0.4, 0.5) is 0 Å². The van der Waals surface area contributed by atoms with Crippen LogP contribution < -0.4 is 10.6 Å². The highest BCUT2D eigenvalue weighted by Crippen LogP contribution is 2.41. The Hall–Kier alpha value is -1.59. The van der Waals surface area contributed by atoms with E-state index in [-0.39, 0.29) is 5.41 Å². The van der Waals surface area contributed by atoms with Crippen LogP contribution in [0.1, 0.15) is 56.3 Å². The zero-order chi connectivity index (χ0) is 18.8. The first-order valence-electron chi connectivity index (χ1n) is 9.84. The molecule has 3 N–H and O–H groups in total. The quantitative estimate of drug-likeness (QED) is 0.467. The van der Waals surface area contributed by atoms with E-state index in [9.17, 15) is 5.11 Å². The second-order valence-electron chi connectivity index (χ2n) is 7.45. The number of nitrogens with one attached hydrogen (secondary N) is 2. The van der Waals surface area contributed by atoms with Gasteiger partial charge < -0.3 is 20.5 Å². The second-order valence-corrected chi connectivity index (χ2v) is 7.45. The summed E-state index contributed by atoms with van der Waals surface area (Å²) in [5, 5.41) is 17.0. The lowest BCUT2D eigenvalue weighted by molar-refractivity contribution is 0.141. The largest absolute Gasteiger partial charge is 0.387 e. The molecule has 0 amide bonds. The molecule has 5 heteroatoms. The Balaban J connectivity index is 1.93. The molecule has 1 atom stereocenters. The molecule has 1 unspecified atom stereocenters. The lowest BCUT2D eigenvalue weighted by Gasteiger charge is -2.27. The van der Waals surface area contributed by atoms with E-state index >= 15 is 0 Å². The Morgan fingerprint density at radius 1 is 1.23 bits per heavy atom. The maximum absolute atomic E-state index is 10.4. The number of nitrogens with zero attached hydrogens (tertiary/aromatic N) is 1. The fraction of sp³-hybridized carbons (Fsp3) is 0.667. The number of aryl methyl sites for hydroxylation is 1. The molecule has 146 valence electrons. The minimum atomic E-state index is -0.548. The first kappa shape index (κ1) is 20.7. The minimum absolute atomic E-state index is 0.272. The van der Waals surface area contributed by atoms with Crippen molar-refractivity contribution >= 4 is 5.96 Å². The summed E-state index contributed by atoms with van der Waals surface area (Å²) in [4.78, 5) is 4.83. The molecule has 0 aliphatic heterocycles. The molecule has 1 fully saturated rings. The van der Waals surface area contributed by atoms with Gasteiger partial charge in [-0.15, -0.1) is 0 Å². The van der Waals surface area contributed by atoms with Crippen molar-refractivity contribution < 1.29 is 9.84 Å². The van der Waals surface area contributed by atoms with E-state index in [2.05, 4.69) is 17.6 Å². The smallest absolute Gasteiger partial charge is 0.191 e. The zero-order valence-corrected chi connectivity index (χ0v) is 16.6. The monoisotopic (exact) mass is 361 g/mol. The average Bonchev–Trinajstić information content (AvgIpc) is 3.12. The molecule has 0 spiro atoms. The summed E-state index contributed by atoms with van der Waals surface area (Å²) in [5.41, 5.74) is 2.39. The summed E-state index contributed by atoms with van der Waals surface area (Å²) in [6, 6.07) is 8.00. The summed E-state index contributed by atoms with van der Waals surface area (Å²) < 4.78 is 5.31. The van der Waals surface area contributed by atoms with Crippen molar-refractivity contribution in [3.05, 3.63) is 35.4 Å². The molecule has 1 saturated carbocycles. The Kier molecular flexibility index (Phi) is 8.39. The van der Waals surface area contributed by atoms with Crippen molar-refractivity contribution in [1.29, 1.82) is 0 Å². The highest BCUT2D eigenvalue weighted by molar-refractivity contribution is 5.79. The topological polar surface area (TPSA) is 65.9 Å². The van der Waals surface area contributed by atoms with Gasteiger partial charge in [-0.05, 0) is 44.1 Å². The second kappa shape index (κ2) is 10.5. The van der Waals surface area contributed by atoms with Crippen LogP contribution >= 0.6 is 0 Å². The summed E-state index contributed by atoms with van der Waals surface area (Å²) in [5.74, 6) is 0.780. The molecule has 1 aliphatic rings. The molecule has 1 aromatic rings. The number of methoxy groups -OCH3 is 1. The highest BCUT2D eigenvalue weighted by Gasteiger charge is 2.33. The number of aliphatic hydroxyl groups excluding tert-OH is 1. The molecule has 1 aromatic carbocycles. The van der Waals surface area contributed by atoms with E-state index < -0.39 is 6.10 Å². The van der Waals surface area contributed by atoms with Crippen LogP contribution in [0, 0.1) is 12.3 Å². The molecule has 0 radical (unpaired) electrons. The number of benzene rings is 1. The molecule has 0 saturated heterocycles. The van der Waals surface area contributed by atoms with Crippen molar-refractivity contribution in [2.24, 2.45) is 10.4 Å². The molecule has 1 aliphatic carbocycles. The van der Waals surface area contributed by atoms with Gasteiger partial charge in [-0.3, -0.25) is 4.99 Å². The Bertz CT molecular complexity index is 551. The molecular formula is C21H35N3O2. The Morgan fingerprint density at radius 3 is 2.54 bits per heavy atom. The first-order chi connectivity index (χ1) is 12.6. The minimum Gasteiger partial charge on any atom is -0.387 e. The van der Waals surface area contributed by atoms with Gasteiger partial charge in [0, 0.05) is 33.4 Å². The van der Waals surface area contributed by atoms with Crippen molar-refractivity contribution in [2.45, 2.75) is 52.1 Å². The average molecular weight is 362 g/mol. The molecule has 26 heavy (non-hydrogen) atoms. The van der Waals surface area contributed by atoms with Gasteiger partial charge in [0.15, 0.2) is 5.96 Å². The third kappa shape index (κ3) is 6.29. The number of rotatable bonds is 9. The maximum Gasteiger partial charge on any atom is 0.191 e. The van der Waals surface area contributed by atoms with E-state index in [0.717, 1.165) is 37.6 Å². The van der Waals surface area contributed by atoms with Crippen LogP contribution in [0.3, 0.4) is 0 Å². The predicted octanol–water partition coefficient (Wildman–Crippen LogP) is 3.18. The van der Waals surface area contributed by atoms with Gasteiger partial charge in [-0.25, -0.2) is 0 Å². The van der Waals surface area contributed by atoms with Gasteiger partial charge in [-0.2, -0.15) is 0 Å². The molecule has 0 bridgehead atoms. The van der Waals surface area contributed by atoms with Crippen LogP contribution in [0.5, 0.6) is 0 Å². The molecule has 0 heterocycles. The number of ether oxygens (including phenoxy) is 1. The van der Waals surface area contributed by atoms with Gasteiger partial charge >= 0.3 is 0 Å². The third-order valence-electron chi connectivity index (χ3n) is 5.34. The standard InChI is InChI=1S/C21H35N3O2/c1-4-22-20(23-15-19(25)18-9-7-17(2)8-10-18)24-16-21(13-14-26-3)11-5-6-12-21/h7-10,19,25H,4-6,11-16H2,1-3H3,(H2,22,23,24). The van der Waals surface area contributed by atoms with Crippen LogP contribution in [-0.2, 0) is 4.74 Å². The van der Waals surface area contributed by atoms with Crippen LogP contribution in [0.15, 0.2) is 29.3 Å². The summed E-state index contributed by atoms with van der Waals surface area (Å²) in [7, 11) is 1.77. The van der Waals surface area contributed by atoms with Crippen LogP contribution in [0.25, 0.3) is 0 Å². The van der Waals surface area contributed by atoms with Crippen LogP contribution in [-0.4, -0.2) is 44.4 Å². The number of aliphatic hydroxyl groups is 1. The van der Waals surface area contributed by atoms with E-state index in [0.29, 0.717) is 6.54 Å². The molecular weight excluding hydrogens is 326 g/mol. The van der Waals surface area contributed by atoms with Crippen LogP contribution in [0.2, 0.25) is 0 Å². The summed E-state index contributed by atoms with van der Waals surface area (Å²) >= 11 is 0. The van der Waals surface area contributed by atoms with E-state index in [1.807, 2.05) is 31.2 Å². The van der Waals surface area contributed by atoms with Gasteiger partial charge in [0.25, 0.3) is 0 Å². The SMILES string of the molecule is CCNC(=NCC1(CCOC)CCCC1)NCC(O)c1ccc(C)cc1. The maximum atomic E-state index is 10.4. The van der Waals surface area contributed by atoms with Crippen molar-refractivity contribution in [1.82, 2.24) is 10.6 Å². The number of guanidine groups is 1. The zero-order valence-electron chi connectivity index (χ0n) is 16.6. The van der Waals surface area contributed by atoms with Gasteiger partial charge in [0.2, 0.25) is 0 Å². The van der Waals surface area contributed by atoms with E-state index in [4.69, 9.17) is 9.73 Å². The van der Waals surface area contributed by atoms with Gasteiger partial charge in [0.05, 0.1) is 6.10 Å². The van der Waals surface area contributed by atoms with Crippen molar-refractivity contribution in [3.63, 3.8) is 0 Å². The third-order valence-corrected chi connectivity index (χ3v) is 5.34.